The number of aromatic nitrogens is 2. The molecule has 1 aliphatic carbocycles. The summed E-state index contributed by atoms with van der Waals surface area (Å²) < 4.78 is 6.69. The van der Waals surface area contributed by atoms with Crippen molar-refractivity contribution in [3.8, 4) is 0 Å². The zero-order valence-electron chi connectivity index (χ0n) is 15.6. The standard InChI is InChI=1S/C19H22N4O5/c1-2-28-19(25)14-10-13(11-16(12-14)23(26)27)18(24)21-17-8-9-20-22(17)15-6-4-3-5-7-15/h8-12,15H,2-7H2,1H3,(H,21,24). The molecule has 1 N–H and O–H groups in total. The lowest BCUT2D eigenvalue weighted by Crippen LogP contribution is -2.20. The monoisotopic (exact) mass is 386 g/mol. The molecule has 148 valence electrons. The summed E-state index contributed by atoms with van der Waals surface area (Å²) >= 11 is 0. The summed E-state index contributed by atoms with van der Waals surface area (Å²) in [6.45, 7) is 1.76. The number of hydrogen-bond acceptors (Lipinski definition) is 6. The molecule has 0 radical (unpaired) electrons. The Morgan fingerprint density at radius 3 is 2.64 bits per heavy atom. The van der Waals surface area contributed by atoms with Crippen LogP contribution in [0, 0.1) is 10.1 Å². The maximum atomic E-state index is 12.7. The fraction of sp³-hybridized carbons (Fsp3) is 0.421. The summed E-state index contributed by atoms with van der Waals surface area (Å²) in [5.74, 6) is -0.736. The fourth-order valence-corrected chi connectivity index (χ4v) is 3.40. The van der Waals surface area contributed by atoms with Crippen LogP contribution in [0.5, 0.6) is 0 Å². The van der Waals surface area contributed by atoms with Crippen molar-refractivity contribution in [2.75, 3.05) is 11.9 Å². The van der Waals surface area contributed by atoms with E-state index in [1.807, 2.05) is 0 Å². The second-order valence-electron chi connectivity index (χ2n) is 6.65. The molecule has 9 nitrogen and oxygen atoms in total. The molecule has 1 aliphatic rings. The van der Waals surface area contributed by atoms with Crippen molar-refractivity contribution in [3.05, 3.63) is 51.7 Å². The number of ether oxygens (including phenoxy) is 1. The van der Waals surface area contributed by atoms with Gasteiger partial charge in [-0.2, -0.15) is 5.10 Å². The van der Waals surface area contributed by atoms with Crippen LogP contribution in [0.25, 0.3) is 0 Å². The average Bonchev–Trinajstić information content (AvgIpc) is 3.16. The number of anilines is 1. The van der Waals surface area contributed by atoms with Crippen LogP contribution in [0.3, 0.4) is 0 Å². The van der Waals surface area contributed by atoms with Gasteiger partial charge >= 0.3 is 5.97 Å². The van der Waals surface area contributed by atoms with Gasteiger partial charge in [0.05, 0.1) is 29.3 Å². The second kappa shape index (κ2) is 8.64. The highest BCUT2D eigenvalue weighted by Gasteiger charge is 2.22. The number of nitrogens with one attached hydrogen (secondary N) is 1. The number of carbonyl (C=O) groups is 2. The van der Waals surface area contributed by atoms with Gasteiger partial charge in [0, 0.05) is 23.8 Å². The molecule has 3 rings (SSSR count). The van der Waals surface area contributed by atoms with Crippen LogP contribution in [0.15, 0.2) is 30.5 Å². The highest BCUT2D eigenvalue weighted by molar-refractivity contribution is 6.06. The van der Waals surface area contributed by atoms with E-state index in [0.717, 1.165) is 37.8 Å². The number of esters is 1. The minimum absolute atomic E-state index is 0.00801. The minimum Gasteiger partial charge on any atom is -0.462 e. The molecule has 1 aromatic heterocycles. The maximum absolute atomic E-state index is 12.7. The Morgan fingerprint density at radius 1 is 1.25 bits per heavy atom. The van der Waals surface area contributed by atoms with Crippen LogP contribution >= 0.6 is 0 Å². The number of amides is 1. The van der Waals surface area contributed by atoms with E-state index in [0.29, 0.717) is 5.82 Å². The molecule has 1 fully saturated rings. The third kappa shape index (κ3) is 4.36. The van der Waals surface area contributed by atoms with Gasteiger partial charge in [-0.15, -0.1) is 0 Å². The lowest BCUT2D eigenvalue weighted by atomic mass is 9.96. The smallest absolute Gasteiger partial charge is 0.338 e. The van der Waals surface area contributed by atoms with Gasteiger partial charge in [0.15, 0.2) is 0 Å². The minimum atomic E-state index is -0.715. The van der Waals surface area contributed by atoms with Crippen LogP contribution in [0.1, 0.15) is 65.8 Å². The number of nitro groups is 1. The number of rotatable bonds is 6. The van der Waals surface area contributed by atoms with Gasteiger partial charge in [0.2, 0.25) is 0 Å². The SMILES string of the molecule is CCOC(=O)c1cc(C(=O)Nc2ccnn2C2CCCCC2)cc([N+](=O)[O-])c1. The Bertz CT molecular complexity index is 886. The van der Waals surface area contributed by atoms with E-state index in [1.165, 1.54) is 12.5 Å². The molecular weight excluding hydrogens is 364 g/mol. The molecule has 1 heterocycles. The number of carbonyl (C=O) groups excluding carboxylic acids is 2. The molecule has 1 saturated carbocycles. The zero-order valence-corrected chi connectivity index (χ0v) is 15.6. The molecule has 2 aromatic rings. The Balaban J connectivity index is 1.85. The van der Waals surface area contributed by atoms with E-state index in [-0.39, 0.29) is 29.5 Å². The van der Waals surface area contributed by atoms with E-state index >= 15 is 0 Å². The van der Waals surface area contributed by atoms with E-state index in [9.17, 15) is 19.7 Å². The van der Waals surface area contributed by atoms with E-state index in [1.54, 1.807) is 23.9 Å². The molecule has 1 aromatic carbocycles. The topological polar surface area (TPSA) is 116 Å². The normalized spacial score (nSPS) is 14.5. The molecule has 0 saturated heterocycles. The summed E-state index contributed by atoms with van der Waals surface area (Å²) in [6, 6.07) is 5.44. The lowest BCUT2D eigenvalue weighted by molar-refractivity contribution is -0.384. The van der Waals surface area contributed by atoms with Crippen LogP contribution in [-0.2, 0) is 4.74 Å². The average molecular weight is 386 g/mol. The van der Waals surface area contributed by atoms with Crippen LogP contribution in [0.2, 0.25) is 0 Å². The van der Waals surface area contributed by atoms with Crippen molar-refractivity contribution < 1.29 is 19.2 Å². The zero-order chi connectivity index (χ0) is 20.1. The van der Waals surface area contributed by atoms with Gasteiger partial charge in [-0.05, 0) is 25.8 Å². The van der Waals surface area contributed by atoms with Crippen LogP contribution in [0.4, 0.5) is 11.5 Å². The second-order valence-corrected chi connectivity index (χ2v) is 6.65. The van der Waals surface area contributed by atoms with Crippen LogP contribution < -0.4 is 5.32 Å². The molecule has 0 atom stereocenters. The Labute approximate surface area is 161 Å². The number of nitrogens with zero attached hydrogens (tertiary/aromatic N) is 3. The maximum Gasteiger partial charge on any atom is 0.338 e. The molecule has 28 heavy (non-hydrogen) atoms. The molecule has 9 heteroatoms. The largest absolute Gasteiger partial charge is 0.462 e. The van der Waals surface area contributed by atoms with E-state index < -0.39 is 16.8 Å². The Kier molecular flexibility index (Phi) is 6.03. The van der Waals surface area contributed by atoms with E-state index in [4.69, 9.17) is 4.74 Å². The summed E-state index contributed by atoms with van der Waals surface area (Å²) in [5, 5.41) is 18.3. The highest BCUT2D eigenvalue weighted by Crippen LogP contribution is 2.30. The first-order valence-electron chi connectivity index (χ1n) is 9.31. The molecule has 1 amide bonds. The van der Waals surface area contributed by atoms with Gasteiger partial charge < -0.3 is 10.1 Å². The number of hydrogen-bond donors (Lipinski definition) is 1. The molecule has 0 aliphatic heterocycles. The van der Waals surface area contributed by atoms with Crippen LogP contribution in [-0.4, -0.2) is 33.2 Å². The van der Waals surface area contributed by atoms with Gasteiger partial charge in [0.1, 0.15) is 5.82 Å². The van der Waals surface area contributed by atoms with Crippen molar-refractivity contribution in [2.45, 2.75) is 45.1 Å². The summed E-state index contributed by atoms with van der Waals surface area (Å²) in [7, 11) is 0. The number of non-ortho nitro benzene ring substituents is 1. The summed E-state index contributed by atoms with van der Waals surface area (Å²) in [6.07, 6.45) is 7.03. The summed E-state index contributed by atoms with van der Waals surface area (Å²) in [4.78, 5) is 35.3. The van der Waals surface area contributed by atoms with Crippen molar-refractivity contribution in [3.63, 3.8) is 0 Å². The fourth-order valence-electron chi connectivity index (χ4n) is 3.40. The quantitative estimate of drug-likeness (QED) is 0.459. The van der Waals surface area contributed by atoms with Gasteiger partial charge in [-0.3, -0.25) is 14.9 Å². The number of nitro benzene ring substituents is 1. The van der Waals surface area contributed by atoms with Crippen molar-refractivity contribution in [2.24, 2.45) is 0 Å². The third-order valence-electron chi connectivity index (χ3n) is 4.73. The van der Waals surface area contributed by atoms with Crippen molar-refractivity contribution in [1.82, 2.24) is 9.78 Å². The molecular formula is C19H22N4O5. The van der Waals surface area contributed by atoms with Crippen molar-refractivity contribution in [1.29, 1.82) is 0 Å². The first kappa shape index (κ1) is 19.5. The first-order chi connectivity index (χ1) is 13.5. The predicted octanol–water partition coefficient (Wildman–Crippen LogP) is 3.73. The van der Waals surface area contributed by atoms with Gasteiger partial charge in [-0.1, -0.05) is 19.3 Å². The van der Waals surface area contributed by atoms with Gasteiger partial charge in [-0.25, -0.2) is 9.48 Å². The molecule has 0 spiro atoms. The summed E-state index contributed by atoms with van der Waals surface area (Å²) in [5.41, 5.74) is -0.382. The number of benzene rings is 1. The lowest BCUT2D eigenvalue weighted by Gasteiger charge is -2.23. The Morgan fingerprint density at radius 2 is 1.96 bits per heavy atom. The molecule has 0 bridgehead atoms. The Hall–Kier alpha value is -3.23. The molecule has 0 unspecified atom stereocenters. The van der Waals surface area contributed by atoms with E-state index in [2.05, 4.69) is 10.4 Å². The third-order valence-corrected chi connectivity index (χ3v) is 4.73. The highest BCUT2D eigenvalue weighted by atomic mass is 16.6. The van der Waals surface area contributed by atoms with Gasteiger partial charge in [0.25, 0.3) is 11.6 Å². The predicted molar refractivity (Wildman–Crippen MR) is 101 cm³/mol. The first-order valence-corrected chi connectivity index (χ1v) is 9.31. The van der Waals surface area contributed by atoms with Crippen molar-refractivity contribution >= 4 is 23.4 Å².